The van der Waals surface area contributed by atoms with E-state index < -0.39 is 0 Å². The van der Waals surface area contributed by atoms with E-state index in [1.165, 1.54) is 0 Å². The van der Waals surface area contributed by atoms with Crippen LogP contribution in [0.1, 0.15) is 6.92 Å². The molecule has 0 saturated carbocycles. The van der Waals surface area contributed by atoms with Crippen LogP contribution in [0.3, 0.4) is 0 Å². The number of rotatable bonds is 1. The van der Waals surface area contributed by atoms with E-state index in [0.717, 1.165) is 11.1 Å². The molecule has 2 nitrogen and oxygen atoms in total. The number of fused-ring (bicyclic) bond motifs is 1. The van der Waals surface area contributed by atoms with E-state index in [4.69, 9.17) is 32.7 Å². The maximum atomic E-state index is 6.21. The van der Waals surface area contributed by atoms with Gasteiger partial charge in [0.25, 0.3) is 0 Å². The zero-order valence-corrected chi connectivity index (χ0v) is 11.1. The summed E-state index contributed by atoms with van der Waals surface area (Å²) in [5.74, 6) is 1.35. The van der Waals surface area contributed by atoms with Gasteiger partial charge in [-0.05, 0) is 12.1 Å². The summed E-state index contributed by atoms with van der Waals surface area (Å²) in [6.07, 6.45) is -0.306. The van der Waals surface area contributed by atoms with E-state index in [2.05, 4.69) is 0 Å². The lowest BCUT2D eigenvalue weighted by atomic mass is 10.0. The Kier molecular flexibility index (Phi) is 2.84. The van der Waals surface area contributed by atoms with Crippen LogP contribution in [0.2, 0.25) is 10.0 Å². The summed E-state index contributed by atoms with van der Waals surface area (Å²) in [7, 11) is 0. The highest BCUT2D eigenvalue weighted by atomic mass is 35.5. The van der Waals surface area contributed by atoms with Gasteiger partial charge in [-0.1, -0.05) is 41.4 Å². The molecule has 0 amide bonds. The summed E-state index contributed by atoms with van der Waals surface area (Å²) >= 11 is 12.3. The molecule has 1 aliphatic rings. The molecule has 4 heteroatoms. The Morgan fingerprint density at radius 3 is 2.56 bits per heavy atom. The molecule has 0 fully saturated rings. The monoisotopic (exact) mass is 280 g/mol. The molecule has 2 aromatic rings. The molecular formula is C14H10Cl2O2. The highest BCUT2D eigenvalue weighted by Gasteiger charge is 2.25. The molecule has 0 spiro atoms. The van der Waals surface area contributed by atoms with Gasteiger partial charge in [0.15, 0.2) is 11.5 Å². The van der Waals surface area contributed by atoms with E-state index in [1.807, 2.05) is 37.3 Å². The van der Waals surface area contributed by atoms with Gasteiger partial charge in [0.05, 0.1) is 0 Å². The Morgan fingerprint density at radius 2 is 1.78 bits per heavy atom. The van der Waals surface area contributed by atoms with Gasteiger partial charge in [0.1, 0.15) is 0 Å². The van der Waals surface area contributed by atoms with Crippen molar-refractivity contribution in [1.29, 1.82) is 0 Å². The van der Waals surface area contributed by atoms with Crippen molar-refractivity contribution >= 4 is 23.2 Å². The van der Waals surface area contributed by atoms with E-state index >= 15 is 0 Å². The summed E-state index contributed by atoms with van der Waals surface area (Å²) in [4.78, 5) is 0. The van der Waals surface area contributed by atoms with Crippen LogP contribution in [0.25, 0.3) is 11.1 Å². The van der Waals surface area contributed by atoms with Gasteiger partial charge in [-0.3, -0.25) is 0 Å². The number of hydrogen-bond donors (Lipinski definition) is 0. The average molecular weight is 281 g/mol. The van der Waals surface area contributed by atoms with Crippen molar-refractivity contribution in [3.63, 3.8) is 0 Å². The summed E-state index contributed by atoms with van der Waals surface area (Å²) in [6, 6.07) is 11.2. The number of benzene rings is 2. The van der Waals surface area contributed by atoms with Crippen LogP contribution in [0.4, 0.5) is 0 Å². The van der Waals surface area contributed by atoms with Crippen LogP contribution in [-0.2, 0) is 0 Å². The zero-order chi connectivity index (χ0) is 12.7. The first kappa shape index (κ1) is 11.7. The zero-order valence-electron chi connectivity index (χ0n) is 9.61. The average Bonchev–Trinajstić information content (AvgIpc) is 2.69. The Balaban J connectivity index is 2.22. The first-order valence-electron chi connectivity index (χ1n) is 5.57. The van der Waals surface area contributed by atoms with Gasteiger partial charge in [0, 0.05) is 34.2 Å². The fourth-order valence-corrected chi connectivity index (χ4v) is 2.47. The van der Waals surface area contributed by atoms with Crippen molar-refractivity contribution in [1.82, 2.24) is 0 Å². The molecule has 2 aromatic carbocycles. The van der Waals surface area contributed by atoms with Crippen molar-refractivity contribution in [2.75, 3.05) is 0 Å². The first-order chi connectivity index (χ1) is 8.65. The second kappa shape index (κ2) is 4.38. The summed E-state index contributed by atoms with van der Waals surface area (Å²) in [5.41, 5.74) is 1.74. The molecule has 1 atom stereocenters. The van der Waals surface area contributed by atoms with E-state index in [9.17, 15) is 0 Å². The fourth-order valence-electron chi connectivity index (χ4n) is 2.03. The normalized spacial score (nSPS) is 16.9. The minimum atomic E-state index is -0.306. The van der Waals surface area contributed by atoms with Crippen molar-refractivity contribution in [2.45, 2.75) is 13.2 Å². The predicted octanol–water partition coefficient (Wildman–Crippen LogP) is 4.78. The van der Waals surface area contributed by atoms with E-state index in [1.54, 1.807) is 6.07 Å². The van der Waals surface area contributed by atoms with Gasteiger partial charge in [-0.2, -0.15) is 0 Å². The third-order valence-electron chi connectivity index (χ3n) is 2.76. The molecule has 0 aliphatic carbocycles. The smallest absolute Gasteiger partial charge is 0.238 e. The lowest BCUT2D eigenvalue weighted by Gasteiger charge is -2.09. The van der Waals surface area contributed by atoms with Crippen LogP contribution < -0.4 is 9.47 Å². The maximum Gasteiger partial charge on any atom is 0.238 e. The highest BCUT2D eigenvalue weighted by molar-refractivity contribution is 6.34. The van der Waals surface area contributed by atoms with Crippen LogP contribution in [-0.4, -0.2) is 6.29 Å². The minimum absolute atomic E-state index is 0.306. The molecule has 1 unspecified atom stereocenters. The van der Waals surface area contributed by atoms with Gasteiger partial charge >= 0.3 is 0 Å². The standard InChI is InChI=1S/C14H10Cl2O2/c1-8-17-13-7-9(15)6-11(14(13)18-8)10-4-2-3-5-12(10)16/h2-8H,1H3. The van der Waals surface area contributed by atoms with Crippen LogP contribution in [0, 0.1) is 0 Å². The number of halogens is 2. The van der Waals surface area contributed by atoms with Crippen LogP contribution in [0.15, 0.2) is 36.4 Å². The largest absolute Gasteiger partial charge is 0.451 e. The molecule has 0 radical (unpaired) electrons. The third kappa shape index (κ3) is 1.92. The molecule has 0 N–H and O–H groups in total. The van der Waals surface area contributed by atoms with Crippen molar-refractivity contribution in [3.05, 3.63) is 46.4 Å². The topological polar surface area (TPSA) is 18.5 Å². The molecule has 3 rings (SSSR count). The predicted molar refractivity (Wildman–Crippen MR) is 72.6 cm³/mol. The molecule has 92 valence electrons. The Morgan fingerprint density at radius 1 is 1.00 bits per heavy atom. The fraction of sp³-hybridized carbons (Fsp3) is 0.143. The van der Waals surface area contributed by atoms with E-state index in [0.29, 0.717) is 21.5 Å². The van der Waals surface area contributed by atoms with Gasteiger partial charge in [-0.15, -0.1) is 0 Å². The molecule has 1 aliphatic heterocycles. The number of ether oxygens (including phenoxy) is 2. The number of hydrogen-bond acceptors (Lipinski definition) is 2. The summed E-state index contributed by atoms with van der Waals surface area (Å²) < 4.78 is 11.2. The maximum absolute atomic E-state index is 6.21. The molecule has 18 heavy (non-hydrogen) atoms. The molecule has 1 heterocycles. The first-order valence-corrected chi connectivity index (χ1v) is 6.32. The molecule has 0 saturated heterocycles. The van der Waals surface area contributed by atoms with Crippen molar-refractivity contribution in [2.24, 2.45) is 0 Å². The quantitative estimate of drug-likeness (QED) is 0.749. The van der Waals surface area contributed by atoms with Gasteiger partial charge in [0.2, 0.25) is 6.29 Å². The third-order valence-corrected chi connectivity index (χ3v) is 3.31. The second-order valence-electron chi connectivity index (χ2n) is 4.06. The summed E-state index contributed by atoms with van der Waals surface area (Å²) in [6.45, 7) is 1.84. The van der Waals surface area contributed by atoms with Crippen LogP contribution in [0.5, 0.6) is 11.5 Å². The minimum Gasteiger partial charge on any atom is -0.451 e. The Hall–Kier alpha value is -1.38. The van der Waals surface area contributed by atoms with E-state index in [-0.39, 0.29) is 6.29 Å². The Bertz CT molecular complexity index is 611. The molecule has 0 aromatic heterocycles. The summed E-state index contributed by atoms with van der Waals surface area (Å²) in [5, 5.41) is 1.26. The van der Waals surface area contributed by atoms with Gasteiger partial charge < -0.3 is 9.47 Å². The van der Waals surface area contributed by atoms with Crippen LogP contribution >= 0.6 is 23.2 Å². The lowest BCUT2D eigenvalue weighted by Crippen LogP contribution is -2.11. The Labute approximate surface area is 115 Å². The lowest BCUT2D eigenvalue weighted by molar-refractivity contribution is 0.0681. The molecule has 0 bridgehead atoms. The molecular weight excluding hydrogens is 271 g/mol. The van der Waals surface area contributed by atoms with Crippen molar-refractivity contribution < 1.29 is 9.47 Å². The SMILES string of the molecule is CC1Oc2cc(Cl)cc(-c3ccccc3Cl)c2O1. The van der Waals surface area contributed by atoms with Crippen molar-refractivity contribution in [3.8, 4) is 22.6 Å². The van der Waals surface area contributed by atoms with Gasteiger partial charge in [-0.25, -0.2) is 0 Å². The highest BCUT2D eigenvalue weighted by Crippen LogP contribution is 2.46. The second-order valence-corrected chi connectivity index (χ2v) is 4.91.